The Bertz CT molecular complexity index is 563. The molecule has 2 aromatic heterocycles. The Morgan fingerprint density at radius 3 is 2.89 bits per heavy atom. The van der Waals surface area contributed by atoms with Gasteiger partial charge < -0.3 is 4.90 Å². The summed E-state index contributed by atoms with van der Waals surface area (Å²) >= 11 is 1.42. The minimum Gasteiger partial charge on any atom is -0.309 e. The van der Waals surface area contributed by atoms with E-state index in [0.717, 1.165) is 16.3 Å². The molecule has 0 aliphatic carbocycles. The van der Waals surface area contributed by atoms with E-state index in [1.54, 1.807) is 18.8 Å². The maximum atomic E-state index is 12.1. The highest BCUT2D eigenvalue weighted by molar-refractivity contribution is 7.17. The molecule has 19 heavy (non-hydrogen) atoms. The summed E-state index contributed by atoms with van der Waals surface area (Å²) in [6.45, 7) is 2.51. The van der Waals surface area contributed by atoms with Gasteiger partial charge in [-0.15, -0.1) is 11.3 Å². The van der Waals surface area contributed by atoms with Crippen LogP contribution in [0.3, 0.4) is 0 Å². The molecule has 0 atom stereocenters. The van der Waals surface area contributed by atoms with E-state index in [4.69, 9.17) is 0 Å². The lowest BCUT2D eigenvalue weighted by molar-refractivity contribution is 0.102. The molecular formula is C14H16N3OS. The van der Waals surface area contributed by atoms with E-state index >= 15 is 0 Å². The van der Waals surface area contributed by atoms with Gasteiger partial charge in [0.2, 0.25) is 0 Å². The molecule has 0 unspecified atom stereocenters. The fourth-order valence-corrected chi connectivity index (χ4v) is 2.59. The van der Waals surface area contributed by atoms with E-state index in [-0.39, 0.29) is 5.78 Å². The molecule has 2 aromatic rings. The maximum absolute atomic E-state index is 12.1. The second-order valence-corrected chi connectivity index (χ2v) is 5.50. The van der Waals surface area contributed by atoms with E-state index in [9.17, 15) is 4.79 Å². The Hall–Kier alpha value is -1.59. The number of rotatable bonds is 5. The quantitative estimate of drug-likeness (QED) is 0.786. The summed E-state index contributed by atoms with van der Waals surface area (Å²) in [5, 5.41) is 0.840. The van der Waals surface area contributed by atoms with Crippen LogP contribution in [0.5, 0.6) is 0 Å². The minimum atomic E-state index is 0.0406. The Labute approximate surface area is 117 Å². The van der Waals surface area contributed by atoms with Gasteiger partial charge in [-0.3, -0.25) is 9.78 Å². The summed E-state index contributed by atoms with van der Waals surface area (Å²) in [6.07, 6.45) is 5.17. The lowest BCUT2D eigenvalue weighted by Gasteiger charge is -2.06. The maximum Gasteiger partial charge on any atom is 0.179 e. The number of thiazole rings is 1. The predicted octanol–water partition coefficient (Wildman–Crippen LogP) is 2.46. The van der Waals surface area contributed by atoms with Crippen LogP contribution in [-0.2, 0) is 0 Å². The van der Waals surface area contributed by atoms with Crippen LogP contribution in [-0.4, -0.2) is 41.3 Å². The van der Waals surface area contributed by atoms with Gasteiger partial charge in [0.25, 0.3) is 0 Å². The lowest BCUT2D eigenvalue weighted by Crippen LogP contribution is -2.17. The number of pyridine rings is 1. The number of ketones is 1. The van der Waals surface area contributed by atoms with E-state index in [2.05, 4.69) is 9.97 Å². The van der Waals surface area contributed by atoms with Crippen LogP contribution >= 0.6 is 11.3 Å². The van der Waals surface area contributed by atoms with Crippen molar-refractivity contribution in [2.45, 2.75) is 6.92 Å². The molecule has 0 N–H and O–H groups in total. The predicted molar refractivity (Wildman–Crippen MR) is 77.3 cm³/mol. The van der Waals surface area contributed by atoms with Gasteiger partial charge in [-0.25, -0.2) is 4.98 Å². The molecular weight excluding hydrogens is 258 g/mol. The second kappa shape index (κ2) is 6.04. The van der Waals surface area contributed by atoms with Crippen molar-refractivity contribution in [3.63, 3.8) is 0 Å². The molecule has 1 radical (unpaired) electrons. The van der Waals surface area contributed by atoms with Gasteiger partial charge in [0.15, 0.2) is 5.78 Å². The Morgan fingerprint density at radius 1 is 1.47 bits per heavy atom. The SMILES string of the molecule is Cc1nc(-c2cccnc2)sc1C(=O)[CH]CN(C)C. The molecule has 2 rings (SSSR count). The number of carbonyl (C=O) groups is 1. The normalized spacial score (nSPS) is 10.9. The van der Waals surface area contributed by atoms with Crippen molar-refractivity contribution < 1.29 is 4.79 Å². The summed E-state index contributed by atoms with van der Waals surface area (Å²) in [6, 6.07) is 3.81. The van der Waals surface area contributed by atoms with Gasteiger partial charge in [0, 0.05) is 30.9 Å². The summed E-state index contributed by atoms with van der Waals surface area (Å²) in [5.74, 6) is 0.0406. The van der Waals surface area contributed by atoms with Crippen LogP contribution in [0.2, 0.25) is 0 Å². The summed E-state index contributed by atoms with van der Waals surface area (Å²) in [5.41, 5.74) is 1.73. The van der Waals surface area contributed by atoms with Crippen LogP contribution in [0.1, 0.15) is 15.4 Å². The number of aryl methyl sites for hydroxylation is 1. The molecule has 0 saturated heterocycles. The van der Waals surface area contributed by atoms with Crippen LogP contribution in [0.15, 0.2) is 24.5 Å². The molecule has 4 nitrogen and oxygen atoms in total. The second-order valence-electron chi connectivity index (χ2n) is 4.51. The van der Waals surface area contributed by atoms with Crippen molar-refractivity contribution in [1.29, 1.82) is 0 Å². The molecule has 0 spiro atoms. The highest BCUT2D eigenvalue weighted by atomic mass is 32.1. The zero-order valence-corrected chi connectivity index (χ0v) is 12.1. The fraction of sp³-hybridized carbons (Fsp3) is 0.286. The third-order valence-corrected chi connectivity index (χ3v) is 3.79. The highest BCUT2D eigenvalue weighted by Crippen LogP contribution is 2.27. The topological polar surface area (TPSA) is 46.1 Å². The highest BCUT2D eigenvalue weighted by Gasteiger charge is 2.16. The van der Waals surface area contributed by atoms with E-state index in [0.29, 0.717) is 11.4 Å². The first-order valence-corrected chi connectivity index (χ1v) is 6.79. The van der Waals surface area contributed by atoms with E-state index < -0.39 is 0 Å². The number of nitrogens with zero attached hydrogens (tertiary/aromatic N) is 3. The first-order valence-electron chi connectivity index (χ1n) is 5.98. The van der Waals surface area contributed by atoms with Crippen molar-refractivity contribution in [3.8, 4) is 10.6 Å². The molecule has 0 aliphatic heterocycles. The average molecular weight is 274 g/mol. The van der Waals surface area contributed by atoms with Crippen molar-refractivity contribution in [2.75, 3.05) is 20.6 Å². The van der Waals surface area contributed by atoms with Crippen molar-refractivity contribution >= 4 is 17.1 Å². The van der Waals surface area contributed by atoms with Gasteiger partial charge >= 0.3 is 0 Å². The molecule has 0 fully saturated rings. The van der Waals surface area contributed by atoms with Crippen LogP contribution < -0.4 is 0 Å². The van der Waals surface area contributed by atoms with Gasteiger partial charge in [0.05, 0.1) is 10.6 Å². The summed E-state index contributed by atoms with van der Waals surface area (Å²) in [7, 11) is 3.87. The Morgan fingerprint density at radius 2 is 2.26 bits per heavy atom. The first kappa shape index (κ1) is 13.8. The molecule has 0 aromatic carbocycles. The molecule has 0 bridgehead atoms. The van der Waals surface area contributed by atoms with E-state index in [1.807, 2.05) is 38.1 Å². The average Bonchev–Trinajstić information content (AvgIpc) is 2.79. The zero-order chi connectivity index (χ0) is 13.8. The van der Waals surface area contributed by atoms with Crippen LogP contribution in [0.25, 0.3) is 10.6 Å². The smallest absolute Gasteiger partial charge is 0.179 e. The number of hydrogen-bond donors (Lipinski definition) is 0. The third-order valence-electron chi connectivity index (χ3n) is 2.57. The van der Waals surface area contributed by atoms with Gasteiger partial charge in [0.1, 0.15) is 5.01 Å². The number of carbonyl (C=O) groups excluding carboxylic acids is 1. The molecule has 2 heterocycles. The third kappa shape index (κ3) is 3.45. The number of hydrogen-bond acceptors (Lipinski definition) is 5. The van der Waals surface area contributed by atoms with Crippen LogP contribution in [0, 0.1) is 13.3 Å². The summed E-state index contributed by atoms with van der Waals surface area (Å²) < 4.78 is 0. The van der Waals surface area contributed by atoms with Crippen molar-refractivity contribution in [1.82, 2.24) is 14.9 Å². The van der Waals surface area contributed by atoms with Crippen molar-refractivity contribution in [3.05, 3.63) is 41.5 Å². The Kier molecular flexibility index (Phi) is 4.39. The fourth-order valence-electron chi connectivity index (χ4n) is 1.60. The summed E-state index contributed by atoms with van der Waals surface area (Å²) in [4.78, 5) is 23.3. The minimum absolute atomic E-state index is 0.0406. The molecule has 0 aliphatic rings. The molecule has 0 saturated carbocycles. The monoisotopic (exact) mass is 274 g/mol. The molecule has 99 valence electrons. The molecule has 0 amide bonds. The van der Waals surface area contributed by atoms with Gasteiger partial charge in [-0.2, -0.15) is 0 Å². The first-order chi connectivity index (χ1) is 9.08. The van der Waals surface area contributed by atoms with Gasteiger partial charge in [-0.1, -0.05) is 0 Å². The lowest BCUT2D eigenvalue weighted by atomic mass is 10.2. The standard InChI is InChI=1S/C14H16N3OS/c1-10-13(12(18)6-8-17(2)3)19-14(16-10)11-5-4-7-15-9-11/h4-7,9H,8H2,1-3H3. The van der Waals surface area contributed by atoms with E-state index in [1.165, 1.54) is 11.3 Å². The molecule has 5 heteroatoms. The Balaban J connectivity index is 2.20. The number of aromatic nitrogens is 2. The van der Waals surface area contributed by atoms with Gasteiger partial charge in [-0.05, 0) is 33.2 Å². The number of Topliss-reactive ketones (excluding diaryl/α,β-unsaturated/α-hetero) is 1. The zero-order valence-electron chi connectivity index (χ0n) is 11.3. The van der Waals surface area contributed by atoms with Crippen LogP contribution in [0.4, 0.5) is 0 Å². The van der Waals surface area contributed by atoms with Crippen molar-refractivity contribution in [2.24, 2.45) is 0 Å². The largest absolute Gasteiger partial charge is 0.309 e.